The molecule has 96 valence electrons. The fourth-order valence-corrected chi connectivity index (χ4v) is 2.57. The summed E-state index contributed by atoms with van der Waals surface area (Å²) in [7, 11) is 0. The molecule has 1 aromatic heterocycles. The third-order valence-electron chi connectivity index (χ3n) is 2.56. The van der Waals surface area contributed by atoms with Crippen molar-refractivity contribution in [3.05, 3.63) is 45.9 Å². The molecule has 0 spiro atoms. The number of ether oxygens (including phenoxy) is 1. The monoisotopic (exact) mass is 263 g/mol. The third kappa shape index (κ3) is 3.55. The number of hydrogen-bond donors (Lipinski definition) is 1. The van der Waals surface area contributed by atoms with Crippen LogP contribution >= 0.6 is 11.3 Å². The van der Waals surface area contributed by atoms with Crippen molar-refractivity contribution in [2.75, 3.05) is 13.2 Å². The van der Waals surface area contributed by atoms with E-state index in [1.54, 1.807) is 11.3 Å². The summed E-state index contributed by atoms with van der Waals surface area (Å²) < 4.78 is 5.41. The maximum Gasteiger partial charge on any atom is 0.119 e. The van der Waals surface area contributed by atoms with E-state index in [1.807, 2.05) is 24.4 Å². The van der Waals surface area contributed by atoms with E-state index in [-0.39, 0.29) is 6.61 Å². The van der Waals surface area contributed by atoms with Gasteiger partial charge in [-0.05, 0) is 24.6 Å². The number of hydrogen-bond acceptors (Lipinski definition) is 4. The number of rotatable bonds is 6. The van der Waals surface area contributed by atoms with Crippen molar-refractivity contribution < 1.29 is 9.84 Å². The summed E-state index contributed by atoms with van der Waals surface area (Å²) in [5, 5.41) is 12.0. The van der Waals surface area contributed by atoms with Crippen LogP contribution < -0.4 is 4.74 Å². The van der Waals surface area contributed by atoms with Crippen LogP contribution in [0.2, 0.25) is 0 Å². The first-order valence-corrected chi connectivity index (χ1v) is 6.95. The van der Waals surface area contributed by atoms with Gasteiger partial charge in [0.25, 0.3) is 0 Å². The van der Waals surface area contributed by atoms with Crippen LogP contribution in [0.5, 0.6) is 5.75 Å². The number of aromatic nitrogens is 1. The van der Waals surface area contributed by atoms with E-state index in [2.05, 4.69) is 17.1 Å². The van der Waals surface area contributed by atoms with Crippen LogP contribution in [-0.4, -0.2) is 23.3 Å². The van der Waals surface area contributed by atoms with Gasteiger partial charge in [-0.15, -0.1) is 11.3 Å². The smallest absolute Gasteiger partial charge is 0.119 e. The summed E-state index contributed by atoms with van der Waals surface area (Å²) >= 11 is 1.65. The zero-order chi connectivity index (χ0) is 12.8. The number of aliphatic hydroxyl groups is 1. The highest BCUT2D eigenvalue weighted by Gasteiger charge is 2.03. The Morgan fingerprint density at radius 2 is 2.06 bits per heavy atom. The predicted molar refractivity (Wildman–Crippen MR) is 73.3 cm³/mol. The molecule has 0 bridgehead atoms. The number of thiazole rings is 1. The SMILES string of the molecule is CCOc1ccc(Cc2nc(CCO)cs2)cc1. The second kappa shape index (κ2) is 6.52. The molecule has 0 aliphatic carbocycles. The van der Waals surface area contributed by atoms with Gasteiger partial charge in [-0.2, -0.15) is 0 Å². The lowest BCUT2D eigenvalue weighted by Gasteiger charge is -2.03. The molecule has 3 nitrogen and oxygen atoms in total. The van der Waals surface area contributed by atoms with Crippen molar-refractivity contribution in [1.82, 2.24) is 4.98 Å². The van der Waals surface area contributed by atoms with Gasteiger partial charge in [-0.3, -0.25) is 0 Å². The number of aliphatic hydroxyl groups excluding tert-OH is 1. The molecule has 0 atom stereocenters. The molecule has 0 saturated carbocycles. The Hall–Kier alpha value is -1.39. The Balaban J connectivity index is 1.99. The summed E-state index contributed by atoms with van der Waals surface area (Å²) in [4.78, 5) is 4.48. The molecular weight excluding hydrogens is 246 g/mol. The molecule has 0 saturated heterocycles. The van der Waals surface area contributed by atoms with Crippen molar-refractivity contribution in [3.8, 4) is 5.75 Å². The quantitative estimate of drug-likeness (QED) is 0.871. The van der Waals surface area contributed by atoms with Gasteiger partial charge in [0.2, 0.25) is 0 Å². The van der Waals surface area contributed by atoms with Gasteiger partial charge in [0.15, 0.2) is 0 Å². The highest BCUT2D eigenvalue weighted by atomic mass is 32.1. The van der Waals surface area contributed by atoms with Crippen molar-refractivity contribution in [2.45, 2.75) is 19.8 Å². The first-order valence-electron chi connectivity index (χ1n) is 6.07. The zero-order valence-corrected chi connectivity index (χ0v) is 11.2. The Labute approximate surface area is 111 Å². The van der Waals surface area contributed by atoms with E-state index < -0.39 is 0 Å². The lowest BCUT2D eigenvalue weighted by atomic mass is 10.1. The average molecular weight is 263 g/mol. The van der Waals surface area contributed by atoms with Crippen LogP contribution in [0.1, 0.15) is 23.2 Å². The summed E-state index contributed by atoms with van der Waals surface area (Å²) in [5.74, 6) is 0.904. The maximum absolute atomic E-state index is 8.85. The van der Waals surface area contributed by atoms with Gasteiger partial charge in [-0.25, -0.2) is 4.98 Å². The minimum absolute atomic E-state index is 0.159. The molecule has 0 radical (unpaired) electrons. The molecule has 0 aliphatic rings. The minimum atomic E-state index is 0.159. The van der Waals surface area contributed by atoms with Gasteiger partial charge >= 0.3 is 0 Å². The van der Waals surface area contributed by atoms with Gasteiger partial charge in [-0.1, -0.05) is 12.1 Å². The standard InChI is InChI=1S/C14H17NO2S/c1-2-17-13-5-3-11(4-6-13)9-14-15-12(7-8-16)10-18-14/h3-6,10,16H,2,7-9H2,1H3. The average Bonchev–Trinajstić information content (AvgIpc) is 2.80. The van der Waals surface area contributed by atoms with Gasteiger partial charge < -0.3 is 9.84 Å². The Bertz CT molecular complexity index is 479. The molecule has 2 rings (SSSR count). The lowest BCUT2D eigenvalue weighted by molar-refractivity contribution is 0.298. The van der Waals surface area contributed by atoms with Gasteiger partial charge in [0, 0.05) is 24.8 Å². The molecule has 1 heterocycles. The molecule has 18 heavy (non-hydrogen) atoms. The topological polar surface area (TPSA) is 42.4 Å². The van der Waals surface area contributed by atoms with E-state index in [0.29, 0.717) is 13.0 Å². The highest BCUT2D eigenvalue weighted by molar-refractivity contribution is 7.09. The van der Waals surface area contributed by atoms with Crippen LogP contribution in [0.15, 0.2) is 29.6 Å². The van der Waals surface area contributed by atoms with E-state index in [1.165, 1.54) is 5.56 Å². The Morgan fingerprint density at radius 1 is 1.28 bits per heavy atom. The van der Waals surface area contributed by atoms with Crippen LogP contribution in [0.3, 0.4) is 0 Å². The Kier molecular flexibility index (Phi) is 4.73. The predicted octanol–water partition coefficient (Wildman–Crippen LogP) is 2.67. The van der Waals surface area contributed by atoms with Crippen molar-refractivity contribution in [3.63, 3.8) is 0 Å². The number of nitrogens with zero attached hydrogens (tertiary/aromatic N) is 1. The fourth-order valence-electron chi connectivity index (χ4n) is 1.70. The summed E-state index contributed by atoms with van der Waals surface area (Å²) in [6.45, 7) is 2.83. The summed E-state index contributed by atoms with van der Waals surface area (Å²) in [5.41, 5.74) is 2.20. The third-order valence-corrected chi connectivity index (χ3v) is 3.45. The summed E-state index contributed by atoms with van der Waals surface area (Å²) in [6.07, 6.45) is 1.47. The Morgan fingerprint density at radius 3 is 2.72 bits per heavy atom. The van der Waals surface area contributed by atoms with Gasteiger partial charge in [0.05, 0.1) is 17.3 Å². The normalized spacial score (nSPS) is 10.6. The number of benzene rings is 1. The highest BCUT2D eigenvalue weighted by Crippen LogP contribution is 2.18. The van der Waals surface area contributed by atoms with Gasteiger partial charge in [0.1, 0.15) is 5.75 Å². The lowest BCUT2D eigenvalue weighted by Crippen LogP contribution is -1.93. The summed E-state index contributed by atoms with van der Waals surface area (Å²) in [6, 6.07) is 8.11. The molecule has 2 aromatic rings. The van der Waals surface area contributed by atoms with Crippen LogP contribution in [0.25, 0.3) is 0 Å². The second-order valence-corrected chi connectivity index (χ2v) is 4.90. The molecular formula is C14H17NO2S. The van der Waals surface area contributed by atoms with Crippen molar-refractivity contribution in [1.29, 1.82) is 0 Å². The van der Waals surface area contributed by atoms with E-state index in [0.717, 1.165) is 22.9 Å². The molecule has 0 fully saturated rings. The fraction of sp³-hybridized carbons (Fsp3) is 0.357. The molecule has 4 heteroatoms. The molecule has 0 aliphatic heterocycles. The minimum Gasteiger partial charge on any atom is -0.494 e. The molecule has 0 unspecified atom stereocenters. The van der Waals surface area contributed by atoms with E-state index in [9.17, 15) is 0 Å². The second-order valence-electron chi connectivity index (χ2n) is 3.96. The largest absolute Gasteiger partial charge is 0.494 e. The van der Waals surface area contributed by atoms with Crippen molar-refractivity contribution in [2.24, 2.45) is 0 Å². The molecule has 1 N–H and O–H groups in total. The van der Waals surface area contributed by atoms with Crippen molar-refractivity contribution >= 4 is 11.3 Å². The maximum atomic E-state index is 8.85. The van der Waals surface area contributed by atoms with Crippen LogP contribution in [0.4, 0.5) is 0 Å². The van der Waals surface area contributed by atoms with E-state index >= 15 is 0 Å². The zero-order valence-electron chi connectivity index (χ0n) is 10.4. The molecule has 1 aromatic carbocycles. The first kappa shape index (κ1) is 13.1. The molecule has 0 amide bonds. The first-order chi connectivity index (χ1) is 8.81. The van der Waals surface area contributed by atoms with Crippen LogP contribution in [0, 0.1) is 0 Å². The van der Waals surface area contributed by atoms with Crippen LogP contribution in [-0.2, 0) is 12.8 Å². The van der Waals surface area contributed by atoms with E-state index in [4.69, 9.17) is 9.84 Å².